The molecule has 0 aliphatic carbocycles. The first-order valence-electron chi connectivity index (χ1n) is 10.7. The van der Waals surface area contributed by atoms with Crippen LogP contribution in [0.5, 0.6) is 0 Å². The zero-order valence-electron chi connectivity index (χ0n) is 19.2. The summed E-state index contributed by atoms with van der Waals surface area (Å²) in [4.78, 5) is 30.5. The molecule has 158 valence electrons. The van der Waals surface area contributed by atoms with Gasteiger partial charge in [-0.15, -0.1) is 0 Å². The number of carbonyl (C=O) groups excluding carboxylic acids is 2. The molecule has 1 aromatic carbocycles. The van der Waals surface area contributed by atoms with Crippen molar-refractivity contribution in [3.8, 4) is 0 Å². The average Bonchev–Trinajstić information content (AvgIpc) is 2.57. The molecule has 28 heavy (non-hydrogen) atoms. The summed E-state index contributed by atoms with van der Waals surface area (Å²) in [5.74, 6) is 1.43. The quantitative estimate of drug-likeness (QED) is 0.553. The summed E-state index contributed by atoms with van der Waals surface area (Å²) in [5.41, 5.74) is 1.04. The summed E-state index contributed by atoms with van der Waals surface area (Å²) in [5, 5.41) is 0. The van der Waals surface area contributed by atoms with Gasteiger partial charge >= 0.3 is 0 Å². The van der Waals surface area contributed by atoms with Gasteiger partial charge in [0.25, 0.3) is 11.8 Å². The predicted molar refractivity (Wildman–Crippen MR) is 118 cm³/mol. The molecule has 0 atom stereocenters. The molecule has 0 bridgehead atoms. The van der Waals surface area contributed by atoms with Crippen molar-refractivity contribution < 1.29 is 9.59 Å². The number of amides is 2. The maximum absolute atomic E-state index is 13.4. The van der Waals surface area contributed by atoms with Crippen LogP contribution in [0, 0.1) is 23.7 Å². The van der Waals surface area contributed by atoms with Gasteiger partial charge in [-0.25, -0.2) is 0 Å². The molecule has 1 aromatic rings. The minimum Gasteiger partial charge on any atom is -0.338 e. The van der Waals surface area contributed by atoms with Crippen molar-refractivity contribution in [3.05, 3.63) is 35.4 Å². The molecule has 0 aliphatic heterocycles. The van der Waals surface area contributed by atoms with Crippen LogP contribution in [0.3, 0.4) is 0 Å². The van der Waals surface area contributed by atoms with Gasteiger partial charge < -0.3 is 9.80 Å². The van der Waals surface area contributed by atoms with E-state index in [0.717, 1.165) is 0 Å². The molecule has 0 spiro atoms. The Balaban J connectivity index is 3.25. The molecule has 0 aromatic heterocycles. The average molecular weight is 389 g/mol. The van der Waals surface area contributed by atoms with E-state index in [1.807, 2.05) is 21.9 Å². The summed E-state index contributed by atoms with van der Waals surface area (Å²) in [7, 11) is 0. The van der Waals surface area contributed by atoms with Crippen molar-refractivity contribution in [2.75, 3.05) is 26.2 Å². The lowest BCUT2D eigenvalue weighted by atomic mass is 10.0. The first-order valence-corrected chi connectivity index (χ1v) is 10.7. The van der Waals surface area contributed by atoms with Gasteiger partial charge in [-0.3, -0.25) is 9.59 Å². The van der Waals surface area contributed by atoms with Crippen LogP contribution in [0.2, 0.25) is 0 Å². The molecular formula is C24H40N2O2. The maximum atomic E-state index is 13.4. The van der Waals surface area contributed by atoms with E-state index in [1.165, 1.54) is 0 Å². The predicted octanol–water partition coefficient (Wildman–Crippen LogP) is 5.20. The number of rotatable bonds is 10. The highest BCUT2D eigenvalue weighted by molar-refractivity contribution is 6.07. The van der Waals surface area contributed by atoms with Crippen LogP contribution >= 0.6 is 0 Å². The van der Waals surface area contributed by atoms with E-state index in [4.69, 9.17) is 0 Å². The van der Waals surface area contributed by atoms with Crippen LogP contribution in [0.25, 0.3) is 0 Å². The van der Waals surface area contributed by atoms with Crippen molar-refractivity contribution >= 4 is 11.8 Å². The normalized spacial score (nSPS) is 11.6. The SMILES string of the molecule is CC(C)CN(CC(C)C)C(=O)c1ccccc1C(=O)N(CC(C)C)CC(C)C. The molecular weight excluding hydrogens is 348 g/mol. The van der Waals surface area contributed by atoms with E-state index in [-0.39, 0.29) is 11.8 Å². The Hall–Kier alpha value is -1.84. The fourth-order valence-corrected chi connectivity index (χ4v) is 3.44. The van der Waals surface area contributed by atoms with Crippen LogP contribution in [0.15, 0.2) is 24.3 Å². The van der Waals surface area contributed by atoms with Gasteiger partial charge in [-0.05, 0) is 35.8 Å². The van der Waals surface area contributed by atoms with Crippen molar-refractivity contribution in [2.45, 2.75) is 55.4 Å². The molecule has 1 rings (SSSR count). The van der Waals surface area contributed by atoms with E-state index >= 15 is 0 Å². The van der Waals surface area contributed by atoms with E-state index in [9.17, 15) is 9.59 Å². The Morgan fingerprint density at radius 1 is 0.607 bits per heavy atom. The molecule has 4 heteroatoms. The Bertz CT molecular complexity index is 560. The zero-order valence-corrected chi connectivity index (χ0v) is 19.2. The van der Waals surface area contributed by atoms with Crippen molar-refractivity contribution in [3.63, 3.8) is 0 Å². The minimum atomic E-state index is -0.0413. The smallest absolute Gasteiger partial charge is 0.254 e. The summed E-state index contributed by atoms with van der Waals surface area (Å²) < 4.78 is 0. The lowest BCUT2D eigenvalue weighted by molar-refractivity contribution is 0.0676. The Kier molecular flexibility index (Phi) is 9.71. The fraction of sp³-hybridized carbons (Fsp3) is 0.667. The van der Waals surface area contributed by atoms with E-state index in [2.05, 4.69) is 55.4 Å². The summed E-state index contributed by atoms with van der Waals surface area (Å²) in [6, 6.07) is 7.29. The van der Waals surface area contributed by atoms with Crippen molar-refractivity contribution in [1.29, 1.82) is 0 Å². The largest absolute Gasteiger partial charge is 0.338 e. The molecule has 0 unspecified atom stereocenters. The number of nitrogens with zero attached hydrogens (tertiary/aromatic N) is 2. The van der Waals surface area contributed by atoms with Gasteiger partial charge in [0.2, 0.25) is 0 Å². The second-order valence-electron chi connectivity index (χ2n) is 9.54. The van der Waals surface area contributed by atoms with Gasteiger partial charge in [0.1, 0.15) is 0 Å². The second kappa shape index (κ2) is 11.2. The fourth-order valence-electron chi connectivity index (χ4n) is 3.44. The van der Waals surface area contributed by atoms with Gasteiger partial charge in [-0.1, -0.05) is 67.5 Å². The molecule has 0 saturated carbocycles. The third-order valence-corrected chi connectivity index (χ3v) is 4.30. The summed E-state index contributed by atoms with van der Waals surface area (Å²) in [6.45, 7) is 19.7. The lowest BCUT2D eigenvalue weighted by Gasteiger charge is -2.29. The van der Waals surface area contributed by atoms with Crippen molar-refractivity contribution in [1.82, 2.24) is 9.80 Å². The van der Waals surface area contributed by atoms with Gasteiger partial charge in [0.15, 0.2) is 0 Å². The third kappa shape index (κ3) is 7.65. The molecule has 2 amide bonds. The minimum absolute atomic E-state index is 0.0413. The molecule has 0 N–H and O–H groups in total. The number of carbonyl (C=O) groups is 2. The van der Waals surface area contributed by atoms with Crippen LogP contribution in [0.4, 0.5) is 0 Å². The molecule has 0 fully saturated rings. The summed E-state index contributed by atoms with van der Waals surface area (Å²) >= 11 is 0. The number of hydrogen-bond acceptors (Lipinski definition) is 2. The van der Waals surface area contributed by atoms with E-state index in [1.54, 1.807) is 12.1 Å². The Morgan fingerprint density at radius 3 is 1.07 bits per heavy atom. The Labute approximate surface area is 172 Å². The topological polar surface area (TPSA) is 40.6 Å². The zero-order chi connectivity index (χ0) is 21.4. The van der Waals surface area contributed by atoms with Crippen molar-refractivity contribution in [2.24, 2.45) is 23.7 Å². The first kappa shape index (κ1) is 24.2. The van der Waals surface area contributed by atoms with E-state index in [0.29, 0.717) is 61.0 Å². The Morgan fingerprint density at radius 2 is 0.857 bits per heavy atom. The molecule has 0 saturated heterocycles. The third-order valence-electron chi connectivity index (χ3n) is 4.30. The highest BCUT2D eigenvalue weighted by Crippen LogP contribution is 2.18. The highest BCUT2D eigenvalue weighted by Gasteiger charge is 2.26. The highest BCUT2D eigenvalue weighted by atomic mass is 16.2. The first-order chi connectivity index (χ1) is 13.0. The second-order valence-corrected chi connectivity index (χ2v) is 9.54. The number of benzene rings is 1. The molecule has 4 nitrogen and oxygen atoms in total. The lowest BCUT2D eigenvalue weighted by Crippen LogP contribution is -2.40. The van der Waals surface area contributed by atoms with Crippen LogP contribution in [-0.2, 0) is 0 Å². The van der Waals surface area contributed by atoms with Gasteiger partial charge in [0.05, 0.1) is 11.1 Å². The van der Waals surface area contributed by atoms with Crippen LogP contribution < -0.4 is 0 Å². The molecule has 0 heterocycles. The summed E-state index contributed by atoms with van der Waals surface area (Å²) in [6.07, 6.45) is 0. The van der Waals surface area contributed by atoms with Crippen LogP contribution in [-0.4, -0.2) is 47.8 Å². The molecule has 0 radical (unpaired) electrons. The van der Waals surface area contributed by atoms with E-state index < -0.39 is 0 Å². The number of hydrogen-bond donors (Lipinski definition) is 0. The van der Waals surface area contributed by atoms with Crippen LogP contribution in [0.1, 0.15) is 76.1 Å². The van der Waals surface area contributed by atoms with Gasteiger partial charge in [-0.2, -0.15) is 0 Å². The molecule has 0 aliphatic rings. The van der Waals surface area contributed by atoms with Gasteiger partial charge in [0, 0.05) is 26.2 Å². The standard InChI is InChI=1S/C24H40N2O2/c1-17(2)13-25(14-18(3)4)23(27)21-11-9-10-12-22(21)24(28)26(15-19(5)6)16-20(7)8/h9-12,17-20H,13-16H2,1-8H3. The maximum Gasteiger partial charge on any atom is 0.254 e. The monoisotopic (exact) mass is 388 g/mol.